The van der Waals surface area contributed by atoms with Crippen molar-refractivity contribution in [3.05, 3.63) is 96.6 Å². The lowest BCUT2D eigenvalue weighted by molar-refractivity contribution is -0.142. The molecule has 0 unspecified atom stereocenters. The van der Waals surface area contributed by atoms with Gasteiger partial charge < -0.3 is 14.2 Å². The van der Waals surface area contributed by atoms with Crippen LogP contribution >= 0.6 is 0 Å². The standard InChI is InChI=1S/C31H30O6/c1-6-22-19-25(23-7-12-27(13-8-23)37-31(34)21(4)5)11-16-28(22)24-9-14-26(15-10-24)36-29(32)17-18-35-30(33)20(2)3/h7-16,19H,2,4,6,17-18H2,1,3,5H3. The summed E-state index contributed by atoms with van der Waals surface area (Å²) >= 11 is 0. The summed E-state index contributed by atoms with van der Waals surface area (Å²) in [5.74, 6) is -0.577. The van der Waals surface area contributed by atoms with Crippen molar-refractivity contribution in [2.45, 2.75) is 33.6 Å². The van der Waals surface area contributed by atoms with E-state index in [9.17, 15) is 14.4 Å². The first-order valence-electron chi connectivity index (χ1n) is 11.9. The summed E-state index contributed by atoms with van der Waals surface area (Å²) < 4.78 is 15.5. The minimum Gasteiger partial charge on any atom is -0.462 e. The van der Waals surface area contributed by atoms with Crippen molar-refractivity contribution in [2.75, 3.05) is 6.61 Å². The Labute approximate surface area is 217 Å². The van der Waals surface area contributed by atoms with Crippen molar-refractivity contribution in [1.29, 1.82) is 0 Å². The van der Waals surface area contributed by atoms with Crippen molar-refractivity contribution >= 4 is 17.9 Å². The van der Waals surface area contributed by atoms with Gasteiger partial charge in [-0.15, -0.1) is 0 Å². The molecule has 0 saturated carbocycles. The highest BCUT2D eigenvalue weighted by atomic mass is 16.6. The van der Waals surface area contributed by atoms with Gasteiger partial charge in [-0.2, -0.15) is 0 Å². The third-order valence-corrected chi connectivity index (χ3v) is 5.52. The Morgan fingerprint density at radius 2 is 1.24 bits per heavy atom. The van der Waals surface area contributed by atoms with Gasteiger partial charge in [-0.25, -0.2) is 9.59 Å². The van der Waals surface area contributed by atoms with Gasteiger partial charge in [0.25, 0.3) is 0 Å². The lowest BCUT2D eigenvalue weighted by atomic mass is 9.93. The molecule has 37 heavy (non-hydrogen) atoms. The molecule has 6 nitrogen and oxygen atoms in total. The third kappa shape index (κ3) is 7.51. The SMILES string of the molecule is C=C(C)C(=O)OCCC(=O)Oc1ccc(-c2ccc(-c3ccc(OC(=O)C(=C)C)cc3)cc2CC)cc1. The lowest BCUT2D eigenvalue weighted by Gasteiger charge is -2.12. The minimum absolute atomic E-state index is 0.0421. The Morgan fingerprint density at radius 3 is 1.81 bits per heavy atom. The number of hydrogen-bond acceptors (Lipinski definition) is 6. The number of esters is 3. The van der Waals surface area contributed by atoms with Gasteiger partial charge in [-0.1, -0.05) is 62.5 Å². The van der Waals surface area contributed by atoms with Gasteiger partial charge in [0.2, 0.25) is 0 Å². The van der Waals surface area contributed by atoms with E-state index in [0.29, 0.717) is 17.1 Å². The number of carbonyl (C=O) groups is 3. The van der Waals surface area contributed by atoms with Crippen LogP contribution in [0.15, 0.2) is 91.0 Å². The highest BCUT2D eigenvalue weighted by molar-refractivity contribution is 5.89. The van der Waals surface area contributed by atoms with Gasteiger partial charge in [-0.3, -0.25) is 4.79 Å². The average molecular weight is 499 g/mol. The Balaban J connectivity index is 1.67. The Hall–Kier alpha value is -4.45. The number of aryl methyl sites for hydroxylation is 1. The number of rotatable bonds is 10. The first kappa shape index (κ1) is 27.1. The highest BCUT2D eigenvalue weighted by Gasteiger charge is 2.11. The van der Waals surface area contributed by atoms with Crippen molar-refractivity contribution in [2.24, 2.45) is 0 Å². The van der Waals surface area contributed by atoms with Crippen LogP contribution in [0.2, 0.25) is 0 Å². The summed E-state index contributed by atoms with van der Waals surface area (Å²) in [6, 6.07) is 20.9. The van der Waals surface area contributed by atoms with E-state index in [4.69, 9.17) is 14.2 Å². The van der Waals surface area contributed by atoms with Crippen LogP contribution in [-0.4, -0.2) is 24.5 Å². The maximum atomic E-state index is 12.0. The fraction of sp³-hybridized carbons (Fsp3) is 0.194. The van der Waals surface area contributed by atoms with E-state index in [1.54, 1.807) is 38.1 Å². The van der Waals surface area contributed by atoms with E-state index in [1.807, 2.05) is 30.3 Å². The van der Waals surface area contributed by atoms with E-state index < -0.39 is 17.9 Å². The summed E-state index contributed by atoms with van der Waals surface area (Å²) in [5.41, 5.74) is 5.94. The van der Waals surface area contributed by atoms with Crippen LogP contribution in [0.25, 0.3) is 22.3 Å². The smallest absolute Gasteiger partial charge is 0.338 e. The molecule has 0 aliphatic carbocycles. The second-order valence-electron chi connectivity index (χ2n) is 8.58. The third-order valence-electron chi connectivity index (χ3n) is 5.52. The first-order valence-corrected chi connectivity index (χ1v) is 11.9. The summed E-state index contributed by atoms with van der Waals surface area (Å²) in [7, 11) is 0. The van der Waals surface area contributed by atoms with Crippen molar-refractivity contribution < 1.29 is 28.6 Å². The first-order chi connectivity index (χ1) is 17.7. The molecule has 0 amide bonds. The summed E-state index contributed by atoms with van der Waals surface area (Å²) in [6.07, 6.45) is 0.788. The van der Waals surface area contributed by atoms with Crippen molar-refractivity contribution in [1.82, 2.24) is 0 Å². The molecule has 0 spiro atoms. The summed E-state index contributed by atoms with van der Waals surface area (Å²) in [4.78, 5) is 35.1. The quantitative estimate of drug-likeness (QED) is 0.181. The maximum absolute atomic E-state index is 12.0. The monoisotopic (exact) mass is 498 g/mol. The summed E-state index contributed by atoms with van der Waals surface area (Å²) in [5, 5.41) is 0. The molecule has 0 bridgehead atoms. The van der Waals surface area contributed by atoms with Gasteiger partial charge in [0, 0.05) is 11.1 Å². The molecule has 0 N–H and O–H groups in total. The molecule has 3 aromatic carbocycles. The zero-order valence-corrected chi connectivity index (χ0v) is 21.3. The van der Waals surface area contributed by atoms with E-state index in [1.165, 1.54) is 5.56 Å². The zero-order chi connectivity index (χ0) is 26.9. The van der Waals surface area contributed by atoms with Crippen LogP contribution in [-0.2, 0) is 25.5 Å². The topological polar surface area (TPSA) is 78.9 Å². The minimum atomic E-state index is -0.531. The maximum Gasteiger partial charge on any atom is 0.338 e. The van der Waals surface area contributed by atoms with Gasteiger partial charge in [0.05, 0.1) is 6.42 Å². The predicted octanol–water partition coefficient (Wildman–Crippen LogP) is 6.48. The zero-order valence-electron chi connectivity index (χ0n) is 21.3. The molecular weight excluding hydrogens is 468 g/mol. The molecule has 3 aromatic rings. The van der Waals surface area contributed by atoms with E-state index in [0.717, 1.165) is 28.7 Å². The van der Waals surface area contributed by atoms with Crippen LogP contribution in [0.4, 0.5) is 0 Å². The number of hydrogen-bond donors (Lipinski definition) is 0. The van der Waals surface area contributed by atoms with E-state index >= 15 is 0 Å². The molecule has 6 heteroatoms. The van der Waals surface area contributed by atoms with Crippen molar-refractivity contribution in [3.63, 3.8) is 0 Å². The second kappa shape index (κ2) is 12.5. The van der Waals surface area contributed by atoms with Crippen LogP contribution in [0.3, 0.4) is 0 Å². The average Bonchev–Trinajstić information content (AvgIpc) is 2.89. The molecule has 190 valence electrons. The molecule has 0 saturated heterocycles. The molecule has 0 heterocycles. The van der Waals surface area contributed by atoms with Crippen LogP contribution in [0.5, 0.6) is 11.5 Å². The Bertz CT molecular complexity index is 1320. The van der Waals surface area contributed by atoms with Crippen LogP contribution in [0.1, 0.15) is 32.8 Å². The normalized spacial score (nSPS) is 10.4. The predicted molar refractivity (Wildman–Crippen MR) is 143 cm³/mol. The molecule has 0 aromatic heterocycles. The molecule has 0 atom stereocenters. The van der Waals surface area contributed by atoms with Gasteiger partial charge in [0.1, 0.15) is 18.1 Å². The Kier molecular flexibility index (Phi) is 9.16. The van der Waals surface area contributed by atoms with Gasteiger partial charge in [0.15, 0.2) is 0 Å². The van der Waals surface area contributed by atoms with Gasteiger partial charge in [-0.05, 0) is 72.4 Å². The molecule has 0 fully saturated rings. The molecule has 0 radical (unpaired) electrons. The fourth-order valence-corrected chi connectivity index (χ4v) is 3.49. The van der Waals surface area contributed by atoms with Crippen LogP contribution in [0, 0.1) is 0 Å². The molecule has 0 aliphatic rings. The van der Waals surface area contributed by atoms with E-state index in [2.05, 4.69) is 32.2 Å². The molecular formula is C31H30O6. The van der Waals surface area contributed by atoms with Crippen LogP contribution < -0.4 is 9.47 Å². The number of carbonyl (C=O) groups excluding carboxylic acids is 3. The van der Waals surface area contributed by atoms with Gasteiger partial charge >= 0.3 is 17.9 Å². The molecule has 3 rings (SSSR count). The summed E-state index contributed by atoms with van der Waals surface area (Å²) in [6.45, 7) is 12.3. The number of ether oxygens (including phenoxy) is 3. The second-order valence-corrected chi connectivity index (χ2v) is 8.58. The van der Waals surface area contributed by atoms with E-state index in [-0.39, 0.29) is 18.6 Å². The highest BCUT2D eigenvalue weighted by Crippen LogP contribution is 2.31. The number of benzene rings is 3. The van der Waals surface area contributed by atoms with Crippen molar-refractivity contribution in [3.8, 4) is 33.8 Å². The Morgan fingerprint density at radius 1 is 0.703 bits per heavy atom. The lowest BCUT2D eigenvalue weighted by Crippen LogP contribution is -2.14. The molecule has 0 aliphatic heterocycles. The largest absolute Gasteiger partial charge is 0.462 e. The fourth-order valence-electron chi connectivity index (χ4n) is 3.49.